The molecule has 5 nitrogen and oxygen atoms in total. The fourth-order valence-electron chi connectivity index (χ4n) is 1.50. The average Bonchev–Trinajstić information content (AvgIpc) is 2.72. The molecule has 1 aliphatic heterocycles. The predicted molar refractivity (Wildman–Crippen MR) is 54.6 cm³/mol. The smallest absolute Gasteiger partial charge is 0.138 e. The number of aromatic nitrogens is 2. The molecule has 2 heterocycles. The van der Waals surface area contributed by atoms with E-state index in [4.69, 9.17) is 0 Å². The topological polar surface area (TPSA) is 67.0 Å². The van der Waals surface area contributed by atoms with Gasteiger partial charge in [-0.15, -0.1) is 9.03 Å². The van der Waals surface area contributed by atoms with Crippen molar-refractivity contribution < 1.29 is 4.55 Å². The molecule has 1 aliphatic rings. The summed E-state index contributed by atoms with van der Waals surface area (Å²) >= 11 is -1.01. The van der Waals surface area contributed by atoms with Crippen molar-refractivity contribution in [2.24, 2.45) is 0 Å². The van der Waals surface area contributed by atoms with Crippen LogP contribution in [0, 0.1) is 0 Å². The van der Waals surface area contributed by atoms with E-state index in [9.17, 15) is 4.55 Å². The van der Waals surface area contributed by atoms with Gasteiger partial charge in [-0.3, -0.25) is 0 Å². The minimum atomic E-state index is -1.01. The van der Waals surface area contributed by atoms with Gasteiger partial charge in [-0.1, -0.05) is 0 Å². The van der Waals surface area contributed by atoms with Gasteiger partial charge < -0.3 is 9.54 Å². The van der Waals surface area contributed by atoms with Crippen LogP contribution in [0.5, 0.6) is 0 Å². The van der Waals surface area contributed by atoms with Crippen LogP contribution in [-0.4, -0.2) is 38.0 Å². The lowest BCUT2D eigenvalue weighted by Crippen LogP contribution is -2.31. The monoisotopic (exact) mass is 214 g/mol. The van der Waals surface area contributed by atoms with Crippen molar-refractivity contribution in [3.8, 4) is 0 Å². The number of nitrogens with zero attached hydrogens (tertiary/aromatic N) is 2. The van der Waals surface area contributed by atoms with Crippen LogP contribution in [0.15, 0.2) is 12.5 Å². The minimum Gasteiger partial charge on any atom is -0.579 e. The van der Waals surface area contributed by atoms with Crippen LogP contribution in [0.1, 0.15) is 12.6 Å². The molecule has 2 unspecified atom stereocenters. The molecular weight excluding hydrogens is 200 g/mol. The Labute approximate surface area is 86.4 Å². The zero-order chi connectivity index (χ0) is 9.97. The van der Waals surface area contributed by atoms with Gasteiger partial charge in [0.15, 0.2) is 0 Å². The highest BCUT2D eigenvalue weighted by molar-refractivity contribution is 7.87. The molecular formula is C8H14N4OS. The SMILES string of the molecule is CC1CN(CCc2c[nH]cn2)[S+]([O-])N1. The van der Waals surface area contributed by atoms with E-state index in [1.54, 1.807) is 6.33 Å². The fraction of sp³-hybridized carbons (Fsp3) is 0.625. The summed E-state index contributed by atoms with van der Waals surface area (Å²) in [4.78, 5) is 7.02. The quantitative estimate of drug-likeness (QED) is 0.685. The number of rotatable bonds is 3. The van der Waals surface area contributed by atoms with Crippen LogP contribution >= 0.6 is 0 Å². The molecule has 2 N–H and O–H groups in total. The van der Waals surface area contributed by atoms with Gasteiger partial charge in [0.1, 0.15) is 11.5 Å². The normalized spacial score (nSPS) is 28.4. The maximum atomic E-state index is 11.4. The molecule has 78 valence electrons. The second kappa shape index (κ2) is 4.31. The lowest BCUT2D eigenvalue weighted by atomic mass is 10.3. The van der Waals surface area contributed by atoms with Crippen molar-refractivity contribution in [2.75, 3.05) is 13.1 Å². The van der Waals surface area contributed by atoms with E-state index in [0.717, 1.165) is 25.2 Å². The highest BCUT2D eigenvalue weighted by Gasteiger charge is 2.31. The molecule has 2 rings (SSSR count). The Morgan fingerprint density at radius 3 is 3.21 bits per heavy atom. The summed E-state index contributed by atoms with van der Waals surface area (Å²) in [6.45, 7) is 3.66. The average molecular weight is 214 g/mol. The third kappa shape index (κ3) is 2.27. The zero-order valence-corrected chi connectivity index (χ0v) is 8.88. The fourth-order valence-corrected chi connectivity index (χ4v) is 2.68. The molecule has 1 saturated heterocycles. The summed E-state index contributed by atoms with van der Waals surface area (Å²) < 4.78 is 16.3. The van der Waals surface area contributed by atoms with Crippen molar-refractivity contribution in [2.45, 2.75) is 19.4 Å². The largest absolute Gasteiger partial charge is 0.579 e. The number of imidazole rings is 1. The Kier molecular flexibility index (Phi) is 3.07. The highest BCUT2D eigenvalue weighted by Crippen LogP contribution is 2.10. The Morgan fingerprint density at radius 1 is 1.79 bits per heavy atom. The summed E-state index contributed by atoms with van der Waals surface area (Å²) in [5.74, 6) is 0. The Morgan fingerprint density at radius 2 is 2.64 bits per heavy atom. The predicted octanol–water partition coefficient (Wildman–Crippen LogP) is -0.175. The van der Waals surface area contributed by atoms with Crippen LogP contribution in [-0.2, 0) is 18.0 Å². The van der Waals surface area contributed by atoms with Gasteiger partial charge in [0, 0.05) is 12.6 Å². The van der Waals surface area contributed by atoms with Crippen molar-refractivity contribution in [3.05, 3.63) is 18.2 Å². The van der Waals surface area contributed by atoms with E-state index < -0.39 is 11.5 Å². The number of hydrogen-bond donors (Lipinski definition) is 2. The third-order valence-electron chi connectivity index (χ3n) is 2.19. The van der Waals surface area contributed by atoms with Crippen LogP contribution in [0.3, 0.4) is 0 Å². The van der Waals surface area contributed by atoms with Crippen molar-refractivity contribution in [3.63, 3.8) is 0 Å². The number of nitrogens with one attached hydrogen (secondary N) is 2. The molecule has 1 aromatic rings. The highest BCUT2D eigenvalue weighted by atomic mass is 32.2. The first-order valence-corrected chi connectivity index (χ1v) is 5.77. The van der Waals surface area contributed by atoms with Gasteiger partial charge in [0.25, 0.3) is 0 Å². The lowest BCUT2D eigenvalue weighted by molar-refractivity contribution is 0.435. The minimum absolute atomic E-state index is 0.315. The van der Waals surface area contributed by atoms with E-state index in [2.05, 4.69) is 14.7 Å². The van der Waals surface area contributed by atoms with E-state index in [-0.39, 0.29) is 0 Å². The number of hydrogen-bond acceptors (Lipinski definition) is 4. The lowest BCUT2D eigenvalue weighted by Gasteiger charge is -2.13. The number of aromatic amines is 1. The van der Waals surface area contributed by atoms with Gasteiger partial charge in [0.05, 0.1) is 31.2 Å². The molecule has 6 heteroatoms. The third-order valence-corrected chi connectivity index (χ3v) is 3.59. The molecule has 0 spiro atoms. The number of H-pyrrole nitrogens is 1. The molecule has 0 aliphatic carbocycles. The van der Waals surface area contributed by atoms with E-state index >= 15 is 0 Å². The van der Waals surface area contributed by atoms with E-state index in [1.165, 1.54) is 0 Å². The maximum absolute atomic E-state index is 11.4. The van der Waals surface area contributed by atoms with Crippen LogP contribution < -0.4 is 4.72 Å². The molecule has 14 heavy (non-hydrogen) atoms. The zero-order valence-electron chi connectivity index (χ0n) is 8.06. The summed E-state index contributed by atoms with van der Waals surface area (Å²) in [7, 11) is 0. The summed E-state index contributed by atoms with van der Waals surface area (Å²) in [6, 6.07) is 0.315. The molecule has 0 bridgehead atoms. The molecule has 0 amide bonds. The van der Waals surface area contributed by atoms with Gasteiger partial charge >= 0.3 is 0 Å². The summed E-state index contributed by atoms with van der Waals surface area (Å²) in [6.07, 6.45) is 4.37. The molecule has 0 aromatic carbocycles. The first-order chi connectivity index (χ1) is 6.75. The van der Waals surface area contributed by atoms with Gasteiger partial charge in [-0.05, 0) is 6.92 Å². The van der Waals surface area contributed by atoms with Crippen molar-refractivity contribution >= 4 is 11.5 Å². The Bertz CT molecular complexity index is 279. The van der Waals surface area contributed by atoms with Crippen LogP contribution in [0.2, 0.25) is 0 Å². The molecule has 0 saturated carbocycles. The first kappa shape index (κ1) is 9.97. The molecule has 1 aromatic heterocycles. The van der Waals surface area contributed by atoms with Crippen molar-refractivity contribution in [1.82, 2.24) is 19.0 Å². The van der Waals surface area contributed by atoms with Gasteiger partial charge in [0.2, 0.25) is 0 Å². The Hall–Kier alpha value is -0.560. The molecule has 0 radical (unpaired) electrons. The Balaban J connectivity index is 1.81. The van der Waals surface area contributed by atoms with Crippen LogP contribution in [0.4, 0.5) is 0 Å². The van der Waals surface area contributed by atoms with Crippen molar-refractivity contribution in [1.29, 1.82) is 0 Å². The van der Waals surface area contributed by atoms with E-state index in [1.807, 2.05) is 17.4 Å². The second-order valence-electron chi connectivity index (χ2n) is 3.47. The summed E-state index contributed by atoms with van der Waals surface area (Å²) in [5.41, 5.74) is 1.02. The first-order valence-electron chi connectivity index (χ1n) is 4.66. The summed E-state index contributed by atoms with van der Waals surface area (Å²) in [5, 5.41) is 0. The molecule has 1 fully saturated rings. The maximum Gasteiger partial charge on any atom is 0.138 e. The second-order valence-corrected chi connectivity index (χ2v) is 4.72. The van der Waals surface area contributed by atoms with E-state index in [0.29, 0.717) is 6.04 Å². The van der Waals surface area contributed by atoms with Gasteiger partial charge in [-0.25, -0.2) is 4.98 Å². The van der Waals surface area contributed by atoms with Crippen LogP contribution in [0.25, 0.3) is 0 Å². The van der Waals surface area contributed by atoms with Gasteiger partial charge in [-0.2, -0.15) is 0 Å². The molecule has 2 atom stereocenters. The standard InChI is InChI=1S/C8H14N4OS/c1-7-5-12(14(13)11-7)3-2-8-4-9-6-10-8/h4,6-7,11H,2-3,5H2,1H3,(H,9,10).